The van der Waals surface area contributed by atoms with E-state index in [0.29, 0.717) is 38.9 Å². The van der Waals surface area contributed by atoms with Gasteiger partial charge in [-0.25, -0.2) is 14.5 Å². The predicted molar refractivity (Wildman–Crippen MR) is 121 cm³/mol. The number of nitrogens with zero attached hydrogens (tertiary/aromatic N) is 4. The molecule has 3 N–H and O–H groups in total. The fourth-order valence-electron chi connectivity index (χ4n) is 3.41. The van der Waals surface area contributed by atoms with Crippen LogP contribution in [0.2, 0.25) is 5.02 Å². The number of benzene rings is 2. The minimum absolute atomic E-state index is 0.0356. The number of hydrogen-bond donors (Lipinski definition) is 3. The van der Waals surface area contributed by atoms with Gasteiger partial charge in [0.1, 0.15) is 5.75 Å². The van der Waals surface area contributed by atoms with E-state index in [0.717, 1.165) is 5.56 Å². The molecule has 0 saturated carbocycles. The number of imidazole rings is 1. The van der Waals surface area contributed by atoms with Crippen LogP contribution in [0.4, 0.5) is 0 Å². The maximum absolute atomic E-state index is 11.4. The van der Waals surface area contributed by atoms with Crippen molar-refractivity contribution in [3.63, 3.8) is 0 Å². The second-order valence-corrected chi connectivity index (χ2v) is 7.67. The molecule has 0 atom stereocenters. The van der Waals surface area contributed by atoms with E-state index < -0.39 is 5.97 Å². The molecule has 5 rings (SSSR count). The molecule has 0 bridgehead atoms. The zero-order valence-electron chi connectivity index (χ0n) is 17.2. The highest BCUT2D eigenvalue weighted by molar-refractivity contribution is 6.33. The van der Waals surface area contributed by atoms with Crippen molar-refractivity contribution >= 4 is 28.7 Å². The number of rotatable bonds is 5. The summed E-state index contributed by atoms with van der Waals surface area (Å²) in [5.74, 6) is -0.663. The van der Waals surface area contributed by atoms with E-state index in [1.54, 1.807) is 37.3 Å². The largest absolute Gasteiger partial charge is 0.493 e. The average molecular weight is 462 g/mol. The molecule has 0 aliphatic carbocycles. The normalized spacial score (nSPS) is 11.1. The number of halogens is 1. The number of hydrogen-bond acceptors (Lipinski definition) is 6. The molecule has 0 aliphatic rings. The van der Waals surface area contributed by atoms with E-state index in [-0.39, 0.29) is 17.5 Å². The summed E-state index contributed by atoms with van der Waals surface area (Å²) in [6.07, 6.45) is 1.51. The highest BCUT2D eigenvalue weighted by Gasteiger charge is 2.14. The Hall–Kier alpha value is -4.37. The Morgan fingerprint density at radius 2 is 1.88 bits per heavy atom. The van der Waals surface area contributed by atoms with Gasteiger partial charge in [-0.1, -0.05) is 29.8 Å². The molecule has 0 unspecified atom stereocenters. The van der Waals surface area contributed by atoms with E-state index in [9.17, 15) is 15.0 Å². The van der Waals surface area contributed by atoms with Gasteiger partial charge < -0.3 is 19.9 Å². The first-order chi connectivity index (χ1) is 15.9. The van der Waals surface area contributed by atoms with E-state index in [1.165, 1.54) is 23.0 Å². The number of carboxylic acid groups (broad SMARTS) is 1. The summed E-state index contributed by atoms with van der Waals surface area (Å²) in [4.78, 5) is 23.3. The first-order valence-electron chi connectivity index (χ1n) is 9.81. The number of ether oxygens (including phenoxy) is 1. The molecule has 9 nitrogen and oxygen atoms in total. The standard InChI is InChI=1S/C23H16ClN5O4/c1-12-2-7-15(10-16(12)22(31)32)33-23-26-18-11-17(24)20(27-21(18)28-23)13-3-5-14(6-4-13)29-19(30)8-9-25-29/h2-11,30H,1H3,(H,31,32)(H,26,27,28). The molecule has 5 aromatic rings. The lowest BCUT2D eigenvalue weighted by Gasteiger charge is -2.06. The van der Waals surface area contributed by atoms with Gasteiger partial charge in [-0.05, 0) is 42.8 Å². The van der Waals surface area contributed by atoms with Crippen LogP contribution in [0.3, 0.4) is 0 Å². The van der Waals surface area contributed by atoms with Crippen LogP contribution < -0.4 is 4.74 Å². The van der Waals surface area contributed by atoms with Crippen molar-refractivity contribution in [1.82, 2.24) is 24.7 Å². The zero-order valence-corrected chi connectivity index (χ0v) is 17.9. The Morgan fingerprint density at radius 3 is 2.58 bits per heavy atom. The summed E-state index contributed by atoms with van der Waals surface area (Å²) in [6, 6.07) is 15.4. The molecule has 0 spiro atoms. The van der Waals surface area contributed by atoms with E-state index in [2.05, 4.69) is 20.1 Å². The van der Waals surface area contributed by atoms with Gasteiger partial charge in [-0.15, -0.1) is 0 Å². The van der Waals surface area contributed by atoms with E-state index in [4.69, 9.17) is 16.3 Å². The van der Waals surface area contributed by atoms with Crippen LogP contribution in [0.5, 0.6) is 17.6 Å². The number of nitrogens with one attached hydrogen (secondary N) is 1. The molecule has 0 saturated heterocycles. The Labute approximate surface area is 191 Å². The molecule has 2 aromatic carbocycles. The quantitative estimate of drug-likeness (QED) is 0.337. The van der Waals surface area contributed by atoms with Crippen molar-refractivity contribution in [2.75, 3.05) is 0 Å². The molecule has 10 heteroatoms. The Morgan fingerprint density at radius 1 is 1.09 bits per heavy atom. The fourth-order valence-corrected chi connectivity index (χ4v) is 3.67. The molecular formula is C23H16ClN5O4. The van der Waals surface area contributed by atoms with E-state index in [1.807, 2.05) is 12.1 Å². The van der Waals surface area contributed by atoms with Gasteiger partial charge in [-0.3, -0.25) is 0 Å². The lowest BCUT2D eigenvalue weighted by molar-refractivity contribution is 0.0695. The number of aromatic hydroxyl groups is 1. The Bertz CT molecular complexity index is 1510. The molecular weight excluding hydrogens is 446 g/mol. The maximum Gasteiger partial charge on any atom is 0.336 e. The summed E-state index contributed by atoms with van der Waals surface area (Å²) in [5.41, 5.74) is 3.72. The first-order valence-corrected chi connectivity index (χ1v) is 10.2. The molecule has 0 amide bonds. The van der Waals surface area contributed by atoms with Crippen molar-refractivity contribution in [3.8, 4) is 34.6 Å². The lowest BCUT2D eigenvalue weighted by Crippen LogP contribution is -2.00. The van der Waals surface area contributed by atoms with Crippen LogP contribution in [-0.4, -0.2) is 40.9 Å². The number of aryl methyl sites for hydroxylation is 1. The van der Waals surface area contributed by atoms with Crippen LogP contribution in [-0.2, 0) is 0 Å². The average Bonchev–Trinajstić information content (AvgIpc) is 3.39. The summed E-state index contributed by atoms with van der Waals surface area (Å²) < 4.78 is 7.12. The summed E-state index contributed by atoms with van der Waals surface area (Å²) >= 11 is 6.47. The summed E-state index contributed by atoms with van der Waals surface area (Å²) in [6.45, 7) is 1.71. The summed E-state index contributed by atoms with van der Waals surface area (Å²) in [7, 11) is 0. The summed E-state index contributed by atoms with van der Waals surface area (Å²) in [5, 5.41) is 23.6. The van der Waals surface area contributed by atoms with Crippen LogP contribution in [0.1, 0.15) is 15.9 Å². The Kier molecular flexibility index (Phi) is 4.95. The predicted octanol–water partition coefficient (Wildman–Crippen LogP) is 4.97. The SMILES string of the molecule is Cc1ccc(Oc2nc3nc(-c4ccc(-n5nccc5O)cc4)c(Cl)cc3[nH]2)cc1C(=O)O. The second-order valence-electron chi connectivity index (χ2n) is 7.26. The molecule has 164 valence electrons. The third kappa shape index (κ3) is 3.85. The molecule has 33 heavy (non-hydrogen) atoms. The van der Waals surface area contributed by atoms with Crippen molar-refractivity contribution in [2.24, 2.45) is 0 Å². The topological polar surface area (TPSA) is 126 Å². The first kappa shape index (κ1) is 20.5. The van der Waals surface area contributed by atoms with Crippen molar-refractivity contribution < 1.29 is 19.7 Å². The zero-order chi connectivity index (χ0) is 23.1. The number of pyridine rings is 1. The number of aromatic nitrogens is 5. The van der Waals surface area contributed by atoms with Crippen LogP contribution in [0.25, 0.3) is 28.1 Å². The van der Waals surface area contributed by atoms with Gasteiger partial charge >= 0.3 is 12.0 Å². The minimum Gasteiger partial charge on any atom is -0.493 e. The van der Waals surface area contributed by atoms with Gasteiger partial charge in [0.15, 0.2) is 5.65 Å². The molecule has 3 aromatic heterocycles. The molecule has 3 heterocycles. The number of carboxylic acids is 1. The number of aromatic carboxylic acids is 1. The van der Waals surface area contributed by atoms with Gasteiger partial charge in [0.2, 0.25) is 5.88 Å². The third-order valence-corrected chi connectivity index (χ3v) is 5.36. The molecule has 0 radical (unpaired) electrons. The van der Waals surface area contributed by atoms with Crippen LogP contribution in [0, 0.1) is 6.92 Å². The van der Waals surface area contributed by atoms with Crippen molar-refractivity contribution in [1.29, 1.82) is 0 Å². The van der Waals surface area contributed by atoms with Crippen LogP contribution >= 0.6 is 11.6 Å². The Balaban J connectivity index is 1.45. The van der Waals surface area contributed by atoms with Gasteiger partial charge in [-0.2, -0.15) is 10.1 Å². The van der Waals surface area contributed by atoms with E-state index >= 15 is 0 Å². The van der Waals surface area contributed by atoms with Crippen LogP contribution in [0.15, 0.2) is 60.8 Å². The smallest absolute Gasteiger partial charge is 0.336 e. The van der Waals surface area contributed by atoms with Gasteiger partial charge in [0.05, 0.1) is 33.7 Å². The number of fused-ring (bicyclic) bond motifs is 1. The monoisotopic (exact) mass is 461 g/mol. The fraction of sp³-hybridized carbons (Fsp3) is 0.0435. The highest BCUT2D eigenvalue weighted by Crippen LogP contribution is 2.31. The van der Waals surface area contributed by atoms with Gasteiger partial charge in [0.25, 0.3) is 0 Å². The van der Waals surface area contributed by atoms with Gasteiger partial charge in [0, 0.05) is 11.6 Å². The second kappa shape index (κ2) is 7.95. The number of carbonyl (C=O) groups is 1. The van der Waals surface area contributed by atoms with Crippen molar-refractivity contribution in [2.45, 2.75) is 6.92 Å². The lowest BCUT2D eigenvalue weighted by atomic mass is 10.1. The minimum atomic E-state index is -1.03. The molecule has 0 aliphatic heterocycles. The number of aromatic amines is 1. The maximum atomic E-state index is 11.4. The third-order valence-electron chi connectivity index (χ3n) is 5.07. The molecule has 0 fully saturated rings. The van der Waals surface area contributed by atoms with Crippen molar-refractivity contribution in [3.05, 3.63) is 76.9 Å². The number of H-pyrrole nitrogens is 1. The highest BCUT2D eigenvalue weighted by atomic mass is 35.5.